The Labute approximate surface area is 202 Å². The van der Waals surface area contributed by atoms with E-state index in [1.807, 2.05) is 49.1 Å². The van der Waals surface area contributed by atoms with E-state index in [0.29, 0.717) is 5.56 Å². The van der Waals surface area contributed by atoms with E-state index in [4.69, 9.17) is 0 Å². The van der Waals surface area contributed by atoms with Gasteiger partial charge in [0.05, 0.1) is 23.8 Å². The van der Waals surface area contributed by atoms with Gasteiger partial charge >= 0.3 is 0 Å². The second kappa shape index (κ2) is 8.88. The number of aromatic nitrogens is 5. The molecular formula is C27H25N7O. The predicted octanol–water partition coefficient (Wildman–Crippen LogP) is 3.75. The Morgan fingerprint density at radius 2 is 1.80 bits per heavy atom. The van der Waals surface area contributed by atoms with Gasteiger partial charge in [-0.25, -0.2) is 4.98 Å². The Morgan fingerprint density at radius 1 is 0.943 bits per heavy atom. The zero-order chi connectivity index (χ0) is 23.8. The van der Waals surface area contributed by atoms with Crippen LogP contribution in [0.4, 0.5) is 5.82 Å². The minimum atomic E-state index is 0.0326. The first-order chi connectivity index (χ1) is 17.1. The van der Waals surface area contributed by atoms with Crippen molar-refractivity contribution in [2.45, 2.75) is 6.42 Å². The minimum absolute atomic E-state index is 0.0326. The van der Waals surface area contributed by atoms with Crippen LogP contribution in [-0.4, -0.2) is 68.8 Å². The number of rotatable bonds is 5. The highest BCUT2D eigenvalue weighted by Gasteiger charge is 2.17. The van der Waals surface area contributed by atoms with Crippen LogP contribution in [0, 0.1) is 0 Å². The number of aromatic amines is 1. The summed E-state index contributed by atoms with van der Waals surface area (Å²) >= 11 is 0. The van der Waals surface area contributed by atoms with Gasteiger partial charge in [0.25, 0.3) is 0 Å². The van der Waals surface area contributed by atoms with Crippen molar-refractivity contribution in [2.24, 2.45) is 0 Å². The van der Waals surface area contributed by atoms with E-state index in [9.17, 15) is 4.79 Å². The summed E-state index contributed by atoms with van der Waals surface area (Å²) in [5, 5.41) is 3.00. The molecule has 8 nitrogen and oxygen atoms in total. The molecule has 5 aromatic rings. The molecule has 0 amide bonds. The van der Waals surface area contributed by atoms with Gasteiger partial charge in [-0.05, 0) is 42.8 Å². The molecule has 0 unspecified atom stereocenters. The highest BCUT2D eigenvalue weighted by atomic mass is 16.1. The number of carbonyl (C=O) groups excluding carboxylic acids is 1. The van der Waals surface area contributed by atoms with Crippen LogP contribution in [0.2, 0.25) is 0 Å². The molecule has 6 heterocycles. The monoisotopic (exact) mass is 463 g/mol. The number of nitrogens with zero attached hydrogens (tertiary/aromatic N) is 6. The van der Waals surface area contributed by atoms with Crippen molar-refractivity contribution in [1.29, 1.82) is 0 Å². The Morgan fingerprint density at radius 3 is 2.69 bits per heavy atom. The van der Waals surface area contributed by atoms with Crippen molar-refractivity contribution in [3.63, 3.8) is 0 Å². The molecule has 1 N–H and O–H groups in total. The summed E-state index contributed by atoms with van der Waals surface area (Å²) in [4.78, 5) is 38.8. The number of anilines is 1. The Kier molecular flexibility index (Phi) is 5.42. The first-order valence-electron chi connectivity index (χ1n) is 11.7. The van der Waals surface area contributed by atoms with Gasteiger partial charge in [-0.3, -0.25) is 19.7 Å². The van der Waals surface area contributed by atoms with Crippen LogP contribution >= 0.6 is 0 Å². The molecule has 8 heteroatoms. The number of carbonyl (C=O) groups is 1. The smallest absolute Gasteiger partial charge is 0.169 e. The Bertz CT molecular complexity index is 1540. The van der Waals surface area contributed by atoms with E-state index in [1.165, 1.54) is 0 Å². The van der Waals surface area contributed by atoms with Crippen molar-refractivity contribution in [2.75, 3.05) is 38.1 Å². The molecule has 174 valence electrons. The largest absolute Gasteiger partial charge is 0.360 e. The first-order valence-corrected chi connectivity index (χ1v) is 11.7. The van der Waals surface area contributed by atoms with Crippen LogP contribution in [0.1, 0.15) is 16.1 Å². The maximum atomic E-state index is 13.1. The number of ketones is 1. The summed E-state index contributed by atoms with van der Waals surface area (Å²) in [5.74, 6) is 0.892. The quantitative estimate of drug-likeness (QED) is 0.397. The number of H-pyrrole nitrogens is 1. The second-order valence-corrected chi connectivity index (χ2v) is 9.01. The zero-order valence-electron chi connectivity index (χ0n) is 19.5. The average molecular weight is 464 g/mol. The molecule has 6 rings (SSSR count). The van der Waals surface area contributed by atoms with Gasteiger partial charge in [-0.2, -0.15) is 0 Å². The average Bonchev–Trinajstić information content (AvgIpc) is 3.38. The van der Waals surface area contributed by atoms with Gasteiger partial charge in [0.1, 0.15) is 5.82 Å². The van der Waals surface area contributed by atoms with E-state index >= 15 is 0 Å². The molecule has 1 saturated heterocycles. The fourth-order valence-corrected chi connectivity index (χ4v) is 4.58. The molecule has 35 heavy (non-hydrogen) atoms. The molecule has 0 atom stereocenters. The number of Topliss-reactive ketones (excluding diaryl/α,β-unsaturated/α-hetero) is 1. The minimum Gasteiger partial charge on any atom is -0.360 e. The van der Waals surface area contributed by atoms with Crippen molar-refractivity contribution in [3.05, 3.63) is 78.8 Å². The van der Waals surface area contributed by atoms with Crippen LogP contribution < -0.4 is 4.90 Å². The molecule has 0 aromatic carbocycles. The van der Waals surface area contributed by atoms with Gasteiger partial charge < -0.3 is 14.8 Å². The van der Waals surface area contributed by atoms with E-state index < -0.39 is 0 Å². The third-order valence-corrected chi connectivity index (χ3v) is 6.65. The lowest BCUT2D eigenvalue weighted by Crippen LogP contribution is -2.44. The van der Waals surface area contributed by atoms with E-state index in [-0.39, 0.29) is 12.2 Å². The molecule has 0 spiro atoms. The molecule has 1 aliphatic heterocycles. The number of piperazine rings is 1. The van der Waals surface area contributed by atoms with Gasteiger partial charge in [-0.15, -0.1) is 0 Å². The maximum absolute atomic E-state index is 13.1. The van der Waals surface area contributed by atoms with E-state index in [2.05, 4.69) is 41.8 Å². The molecule has 0 saturated carbocycles. The molecule has 0 radical (unpaired) electrons. The molecular weight excluding hydrogens is 438 g/mol. The van der Waals surface area contributed by atoms with Crippen molar-refractivity contribution in [1.82, 2.24) is 29.8 Å². The fraction of sp³-hybridized carbons (Fsp3) is 0.222. The van der Waals surface area contributed by atoms with Gasteiger partial charge in [0.2, 0.25) is 0 Å². The molecule has 1 aliphatic rings. The summed E-state index contributed by atoms with van der Waals surface area (Å²) in [7, 11) is 2.12. The molecule has 0 aliphatic carbocycles. The lowest BCUT2D eigenvalue weighted by atomic mass is 10.0. The summed E-state index contributed by atoms with van der Waals surface area (Å²) in [6.07, 6.45) is 11.1. The lowest BCUT2D eigenvalue weighted by molar-refractivity contribution is 0.0992. The zero-order valence-corrected chi connectivity index (χ0v) is 19.5. The van der Waals surface area contributed by atoms with Crippen molar-refractivity contribution < 1.29 is 4.79 Å². The summed E-state index contributed by atoms with van der Waals surface area (Å²) < 4.78 is 0. The van der Waals surface area contributed by atoms with Gasteiger partial charge in [0.15, 0.2) is 5.78 Å². The van der Waals surface area contributed by atoms with Crippen LogP contribution in [0.5, 0.6) is 0 Å². The number of likely N-dealkylation sites (N-methyl/N-ethyl adjacent to an activating group) is 1. The predicted molar refractivity (Wildman–Crippen MR) is 137 cm³/mol. The Balaban J connectivity index is 1.26. The third kappa shape index (κ3) is 4.24. The SMILES string of the molecule is CN1CCN(c2cc(C(=O)Cc3cc4cc(-c5cncc6[nH]ccc56)ncc4cn3)ccn2)CC1. The Hall–Kier alpha value is -4.17. The lowest BCUT2D eigenvalue weighted by Gasteiger charge is -2.33. The van der Waals surface area contributed by atoms with Gasteiger partial charge in [-0.1, -0.05) is 0 Å². The van der Waals surface area contributed by atoms with Crippen LogP contribution in [0.25, 0.3) is 32.9 Å². The highest BCUT2D eigenvalue weighted by Crippen LogP contribution is 2.28. The van der Waals surface area contributed by atoms with E-state index in [1.54, 1.807) is 18.5 Å². The molecule has 0 bridgehead atoms. The number of pyridine rings is 4. The number of hydrogen-bond acceptors (Lipinski definition) is 7. The van der Waals surface area contributed by atoms with Crippen molar-refractivity contribution in [3.8, 4) is 11.3 Å². The fourth-order valence-electron chi connectivity index (χ4n) is 4.58. The molecule has 5 aromatic heterocycles. The summed E-state index contributed by atoms with van der Waals surface area (Å²) in [6.45, 7) is 3.81. The number of hydrogen-bond donors (Lipinski definition) is 1. The van der Waals surface area contributed by atoms with E-state index in [0.717, 1.165) is 70.6 Å². The second-order valence-electron chi connectivity index (χ2n) is 9.01. The standard InChI is InChI=1S/C27H25N7O/c1-33-6-8-34(9-7-33)27-12-18(2-4-30-27)26(35)13-21-10-19-11-24(32-15-20(19)14-31-21)23-16-28-17-25-22(23)3-5-29-25/h2-5,10-12,14-17,29H,6-9,13H2,1H3. The third-order valence-electron chi connectivity index (χ3n) is 6.65. The molecule has 1 fully saturated rings. The highest BCUT2D eigenvalue weighted by molar-refractivity contribution is 5.99. The summed E-state index contributed by atoms with van der Waals surface area (Å²) in [5.41, 5.74) is 4.17. The van der Waals surface area contributed by atoms with Crippen LogP contribution in [0.3, 0.4) is 0 Å². The van der Waals surface area contributed by atoms with Crippen LogP contribution in [-0.2, 0) is 6.42 Å². The summed E-state index contributed by atoms with van der Waals surface area (Å²) in [6, 6.07) is 9.73. The van der Waals surface area contributed by atoms with Gasteiger partial charge in [0, 0.05) is 84.8 Å². The van der Waals surface area contributed by atoms with Crippen molar-refractivity contribution >= 4 is 33.3 Å². The first kappa shape index (κ1) is 21.4. The maximum Gasteiger partial charge on any atom is 0.169 e. The number of fused-ring (bicyclic) bond motifs is 2. The topological polar surface area (TPSA) is 90.9 Å². The normalized spacial score (nSPS) is 14.6. The van der Waals surface area contributed by atoms with Crippen LogP contribution in [0.15, 0.2) is 67.5 Å². The number of nitrogens with one attached hydrogen (secondary N) is 1.